The molecule has 5 rings (SSSR count). The second kappa shape index (κ2) is 7.59. The Bertz CT molecular complexity index is 922. The lowest BCUT2D eigenvalue weighted by molar-refractivity contribution is -0.265. The number of carbonyl (C=O) groups excluding carboxylic acids is 2. The number of fused-ring (bicyclic) bond motifs is 7. The van der Waals surface area contributed by atoms with Crippen molar-refractivity contribution >= 4 is 11.8 Å². The third-order valence-electron chi connectivity index (χ3n) is 14.2. The first-order valence-electron chi connectivity index (χ1n) is 14.7. The van der Waals surface area contributed by atoms with Crippen molar-refractivity contribution in [3.8, 4) is 0 Å². The molecule has 0 aromatic rings. The van der Waals surface area contributed by atoms with Crippen LogP contribution in [0.25, 0.3) is 0 Å². The van der Waals surface area contributed by atoms with Crippen molar-refractivity contribution in [2.24, 2.45) is 56.2 Å². The van der Waals surface area contributed by atoms with E-state index in [0.717, 1.165) is 31.6 Å². The second-order valence-corrected chi connectivity index (χ2v) is 15.9. The van der Waals surface area contributed by atoms with Gasteiger partial charge in [-0.2, -0.15) is 0 Å². The van der Waals surface area contributed by atoms with Crippen molar-refractivity contribution in [1.82, 2.24) is 0 Å². The average Bonchev–Trinajstić information content (AvgIpc) is 2.75. The van der Waals surface area contributed by atoms with E-state index in [1.165, 1.54) is 38.5 Å². The van der Waals surface area contributed by atoms with Crippen molar-refractivity contribution < 1.29 is 14.3 Å². The van der Waals surface area contributed by atoms with Gasteiger partial charge in [-0.15, -0.1) is 0 Å². The van der Waals surface area contributed by atoms with Gasteiger partial charge in [-0.3, -0.25) is 9.59 Å². The Hall–Kier alpha value is -0.860. The Morgan fingerprint density at radius 3 is 2.06 bits per heavy atom. The minimum absolute atomic E-state index is 0.0160. The maximum atomic E-state index is 12.8. The molecule has 198 valence electrons. The van der Waals surface area contributed by atoms with Gasteiger partial charge in [0.1, 0.15) is 11.9 Å². The van der Waals surface area contributed by atoms with Crippen molar-refractivity contribution in [3.05, 3.63) is 0 Å². The molecule has 5 aliphatic carbocycles. The molecule has 3 nitrogen and oxygen atoms in total. The van der Waals surface area contributed by atoms with Crippen LogP contribution in [0.2, 0.25) is 0 Å². The van der Waals surface area contributed by atoms with Crippen LogP contribution in [0, 0.1) is 56.2 Å². The molecule has 0 bridgehead atoms. The lowest BCUT2D eigenvalue weighted by Crippen LogP contribution is -2.68. The number of carbonyl (C=O) groups is 2. The van der Waals surface area contributed by atoms with Gasteiger partial charge in [0.15, 0.2) is 0 Å². The summed E-state index contributed by atoms with van der Waals surface area (Å²) in [5.41, 5.74) is 1.42. The highest BCUT2D eigenvalue weighted by Gasteiger charge is 2.71. The van der Waals surface area contributed by atoms with E-state index in [2.05, 4.69) is 55.4 Å². The van der Waals surface area contributed by atoms with Gasteiger partial charge in [-0.1, -0.05) is 55.4 Å². The molecule has 0 saturated heterocycles. The van der Waals surface area contributed by atoms with Gasteiger partial charge >= 0.3 is 5.97 Å². The molecular formula is C32H52O3. The van der Waals surface area contributed by atoms with Crippen LogP contribution < -0.4 is 0 Å². The SMILES string of the molecule is CC(=O)OC1C[C@]2(C)CC[C@]3(C)[C@H]4CC[C@@]5(C)[C@@H](CCC(=O)[C@@H]5C)[C@]4(C)CC[C@@]3(C)[C@@H]2CC1(C)C. The molecule has 35 heavy (non-hydrogen) atoms. The summed E-state index contributed by atoms with van der Waals surface area (Å²) in [5.74, 6) is 2.68. The Morgan fingerprint density at radius 2 is 1.40 bits per heavy atom. The molecule has 5 fully saturated rings. The number of ether oxygens (including phenoxy) is 1. The molecule has 5 aliphatic rings. The lowest BCUT2D eigenvalue weighted by atomic mass is 9.30. The molecule has 0 aromatic carbocycles. The van der Waals surface area contributed by atoms with Gasteiger partial charge in [0, 0.05) is 24.7 Å². The highest BCUT2D eigenvalue weighted by Crippen LogP contribution is 2.78. The predicted molar refractivity (Wildman–Crippen MR) is 141 cm³/mol. The Labute approximate surface area is 214 Å². The fourth-order valence-corrected chi connectivity index (χ4v) is 11.6. The number of rotatable bonds is 1. The quantitative estimate of drug-likeness (QED) is 0.354. The largest absolute Gasteiger partial charge is 0.462 e. The molecular weight excluding hydrogens is 432 g/mol. The number of esters is 1. The molecule has 0 aromatic heterocycles. The van der Waals surface area contributed by atoms with Crippen LogP contribution in [0.15, 0.2) is 0 Å². The maximum absolute atomic E-state index is 12.8. The summed E-state index contributed by atoms with van der Waals surface area (Å²) in [5, 5.41) is 0. The monoisotopic (exact) mass is 484 g/mol. The summed E-state index contributed by atoms with van der Waals surface area (Å²) in [6.07, 6.45) is 11.8. The van der Waals surface area contributed by atoms with E-state index in [4.69, 9.17) is 4.74 Å². The van der Waals surface area contributed by atoms with Crippen LogP contribution in [-0.4, -0.2) is 17.9 Å². The van der Waals surface area contributed by atoms with E-state index < -0.39 is 0 Å². The first-order chi connectivity index (χ1) is 16.0. The van der Waals surface area contributed by atoms with Crippen LogP contribution in [0.3, 0.4) is 0 Å². The highest BCUT2D eigenvalue weighted by molar-refractivity contribution is 5.82. The molecule has 0 heterocycles. The zero-order valence-corrected chi connectivity index (χ0v) is 24.2. The van der Waals surface area contributed by atoms with Crippen molar-refractivity contribution in [3.63, 3.8) is 0 Å². The highest BCUT2D eigenvalue weighted by atomic mass is 16.5. The lowest BCUT2D eigenvalue weighted by Gasteiger charge is -2.75. The first kappa shape index (κ1) is 25.8. The fraction of sp³-hybridized carbons (Fsp3) is 0.938. The summed E-state index contributed by atoms with van der Waals surface area (Å²) in [4.78, 5) is 24.7. The van der Waals surface area contributed by atoms with Gasteiger partial charge < -0.3 is 4.74 Å². The van der Waals surface area contributed by atoms with Gasteiger partial charge in [0.25, 0.3) is 0 Å². The number of ketones is 1. The van der Waals surface area contributed by atoms with Crippen LogP contribution in [-0.2, 0) is 14.3 Å². The molecule has 1 unspecified atom stereocenters. The number of hydrogen-bond acceptors (Lipinski definition) is 3. The van der Waals surface area contributed by atoms with Crippen molar-refractivity contribution in [2.45, 2.75) is 133 Å². The van der Waals surface area contributed by atoms with Crippen molar-refractivity contribution in [1.29, 1.82) is 0 Å². The molecule has 0 aliphatic heterocycles. The van der Waals surface area contributed by atoms with E-state index in [-0.39, 0.29) is 34.2 Å². The minimum Gasteiger partial charge on any atom is -0.462 e. The summed E-state index contributed by atoms with van der Waals surface area (Å²) in [6.45, 7) is 21.5. The third-order valence-corrected chi connectivity index (χ3v) is 14.2. The molecule has 0 N–H and O–H groups in total. The Morgan fingerprint density at radius 1 is 0.771 bits per heavy atom. The zero-order chi connectivity index (χ0) is 25.8. The normalized spacial score (nSPS) is 55.1. The summed E-state index contributed by atoms with van der Waals surface area (Å²) in [6, 6.07) is 0. The number of Topliss-reactive ketones (excluding diaryl/α,β-unsaturated/α-hetero) is 1. The van der Waals surface area contributed by atoms with Crippen LogP contribution in [0.4, 0.5) is 0 Å². The fourth-order valence-electron chi connectivity index (χ4n) is 11.6. The van der Waals surface area contributed by atoms with Gasteiger partial charge in [0.2, 0.25) is 0 Å². The molecule has 5 saturated carbocycles. The average molecular weight is 485 g/mol. The zero-order valence-electron chi connectivity index (χ0n) is 24.2. The molecule has 10 atom stereocenters. The Kier molecular flexibility index (Phi) is 5.59. The summed E-state index contributed by atoms with van der Waals surface area (Å²) in [7, 11) is 0. The van der Waals surface area contributed by atoms with Crippen LogP contribution >= 0.6 is 0 Å². The molecule has 0 amide bonds. The van der Waals surface area contributed by atoms with E-state index in [0.29, 0.717) is 33.9 Å². The van der Waals surface area contributed by atoms with E-state index in [1.807, 2.05) is 0 Å². The molecule has 0 radical (unpaired) electrons. The van der Waals surface area contributed by atoms with E-state index >= 15 is 0 Å². The van der Waals surface area contributed by atoms with Crippen molar-refractivity contribution in [2.75, 3.05) is 0 Å². The van der Waals surface area contributed by atoms with Gasteiger partial charge in [0.05, 0.1) is 0 Å². The predicted octanol–water partition coefficient (Wildman–Crippen LogP) is 8.00. The summed E-state index contributed by atoms with van der Waals surface area (Å²) < 4.78 is 5.94. The topological polar surface area (TPSA) is 43.4 Å². The van der Waals surface area contributed by atoms with Gasteiger partial charge in [-0.25, -0.2) is 0 Å². The smallest absolute Gasteiger partial charge is 0.302 e. The van der Waals surface area contributed by atoms with E-state index in [1.54, 1.807) is 6.92 Å². The standard InChI is InChI=1S/C32H52O3/c1-20-22(34)10-11-23-29(20,6)13-12-24-30(23,7)15-17-32(9)25-18-27(3,4)26(35-21(2)33)19-28(25,5)14-16-31(24,32)8/h20,23-26H,10-19H2,1-9H3/t20-,23+,24-,25+,26?,28-,29+,30-,31+,32-/m0/s1. The molecule has 0 spiro atoms. The first-order valence-corrected chi connectivity index (χ1v) is 14.7. The van der Waals surface area contributed by atoms with Crippen LogP contribution in [0.1, 0.15) is 127 Å². The maximum Gasteiger partial charge on any atom is 0.302 e. The second-order valence-electron chi connectivity index (χ2n) is 15.9. The third kappa shape index (κ3) is 3.27. The van der Waals surface area contributed by atoms with Crippen LogP contribution in [0.5, 0.6) is 0 Å². The van der Waals surface area contributed by atoms with Gasteiger partial charge in [-0.05, 0) is 103 Å². The number of hydrogen-bond donors (Lipinski definition) is 0. The summed E-state index contributed by atoms with van der Waals surface area (Å²) >= 11 is 0. The van der Waals surface area contributed by atoms with E-state index in [9.17, 15) is 9.59 Å². The molecule has 3 heteroatoms. The minimum atomic E-state index is -0.129. The Balaban J connectivity index is 1.51.